The van der Waals surface area contributed by atoms with E-state index in [1.807, 2.05) is 0 Å². The number of ether oxygens (including phenoxy) is 2. The van der Waals surface area contributed by atoms with Crippen LogP contribution in [0.2, 0.25) is 0 Å². The second kappa shape index (κ2) is 12.4. The molecule has 1 aliphatic heterocycles. The largest absolute Gasteiger partial charge is 0.573 e. The average molecular weight is 656 g/mol. The highest BCUT2D eigenvalue weighted by Gasteiger charge is 2.41. The second-order valence-corrected chi connectivity index (χ2v) is 11.6. The van der Waals surface area contributed by atoms with Crippen molar-refractivity contribution >= 4 is 32.8 Å². The van der Waals surface area contributed by atoms with Crippen LogP contribution in [0.25, 0.3) is 11.0 Å². The van der Waals surface area contributed by atoms with Crippen molar-refractivity contribution < 1.29 is 49.0 Å². The van der Waals surface area contributed by atoms with Crippen molar-refractivity contribution in [2.24, 2.45) is 0 Å². The number of piperazine rings is 1. The maximum Gasteiger partial charge on any atom is 0.573 e. The third-order valence-corrected chi connectivity index (χ3v) is 8.61. The number of aromatic nitrogens is 2. The number of alkyl halides is 6. The minimum absolute atomic E-state index is 0.123. The van der Waals surface area contributed by atoms with Crippen LogP contribution in [0.1, 0.15) is 5.56 Å². The van der Waals surface area contributed by atoms with Crippen LogP contribution in [-0.4, -0.2) is 67.0 Å². The normalized spacial score (nSPS) is 16.4. The van der Waals surface area contributed by atoms with Crippen LogP contribution in [-0.2, 0) is 21.4 Å². The summed E-state index contributed by atoms with van der Waals surface area (Å²) in [6.07, 6.45) is -8.25. The van der Waals surface area contributed by atoms with Crippen molar-refractivity contribution in [2.45, 2.75) is 30.2 Å². The third-order valence-electron chi connectivity index (χ3n) is 6.69. The van der Waals surface area contributed by atoms with Gasteiger partial charge in [-0.1, -0.05) is 12.1 Å². The van der Waals surface area contributed by atoms with E-state index in [4.69, 9.17) is 0 Å². The number of fused-ring (bicyclic) bond motifs is 1. The zero-order chi connectivity index (χ0) is 32.4. The zero-order valence-corrected chi connectivity index (χ0v) is 23.7. The van der Waals surface area contributed by atoms with Crippen LogP contribution in [0.4, 0.5) is 32.2 Å². The van der Waals surface area contributed by atoms with Gasteiger partial charge in [0.1, 0.15) is 23.4 Å². The molecule has 0 radical (unpaired) electrons. The zero-order valence-electron chi connectivity index (χ0n) is 22.9. The Kier molecular flexibility index (Phi) is 8.75. The number of pyridine rings is 2. The van der Waals surface area contributed by atoms with Crippen LogP contribution in [0.3, 0.4) is 0 Å². The molecule has 1 N–H and O–H groups in total. The van der Waals surface area contributed by atoms with Gasteiger partial charge in [-0.15, -0.1) is 26.3 Å². The fraction of sp³-hybridized carbons (Fsp3) is 0.250. The van der Waals surface area contributed by atoms with E-state index in [9.17, 15) is 39.6 Å². The molecule has 2 aromatic heterocycles. The lowest BCUT2D eigenvalue weighted by Gasteiger charge is -2.40. The SMILES string of the molecule is O=C(NCc1ccc(OC(F)(F)F)cc1)[C@H]1CN(c2ccc3ncccc3n2)CCN1S(=O)(=O)c1ccc(OC(F)(F)F)cc1. The number of carbonyl (C=O) groups excluding carboxylic acids is 1. The molecule has 1 atom stereocenters. The molecule has 0 bridgehead atoms. The predicted octanol–water partition coefficient (Wildman–Crippen LogP) is 4.62. The third kappa shape index (κ3) is 7.91. The van der Waals surface area contributed by atoms with Gasteiger partial charge in [-0.05, 0) is 66.2 Å². The number of amides is 1. The van der Waals surface area contributed by atoms with Crippen LogP contribution in [0.5, 0.6) is 11.5 Å². The Morgan fingerprint density at radius 1 is 0.844 bits per heavy atom. The number of benzene rings is 2. The van der Waals surface area contributed by atoms with E-state index in [0.717, 1.165) is 40.7 Å². The minimum Gasteiger partial charge on any atom is -0.406 e. The molecular weight excluding hydrogens is 632 g/mol. The van der Waals surface area contributed by atoms with Crippen molar-refractivity contribution in [1.29, 1.82) is 0 Å². The molecule has 17 heteroatoms. The molecule has 3 heterocycles. The molecule has 0 saturated carbocycles. The Balaban J connectivity index is 1.38. The van der Waals surface area contributed by atoms with E-state index in [1.54, 1.807) is 35.4 Å². The van der Waals surface area contributed by atoms with E-state index in [-0.39, 0.29) is 31.1 Å². The van der Waals surface area contributed by atoms with Crippen molar-refractivity contribution in [3.63, 3.8) is 0 Å². The smallest absolute Gasteiger partial charge is 0.406 e. The number of carbonyl (C=O) groups is 1. The lowest BCUT2D eigenvalue weighted by molar-refractivity contribution is -0.275. The van der Waals surface area contributed by atoms with E-state index in [2.05, 4.69) is 24.8 Å². The van der Waals surface area contributed by atoms with E-state index in [1.165, 1.54) is 12.1 Å². The second-order valence-electron chi connectivity index (χ2n) is 9.72. The van der Waals surface area contributed by atoms with Crippen molar-refractivity contribution in [3.05, 3.63) is 84.6 Å². The van der Waals surface area contributed by atoms with Gasteiger partial charge in [0.15, 0.2) is 0 Å². The molecule has 4 aromatic rings. The van der Waals surface area contributed by atoms with Crippen LogP contribution in [0, 0.1) is 0 Å². The number of nitrogens with zero attached hydrogens (tertiary/aromatic N) is 4. The van der Waals surface area contributed by atoms with Gasteiger partial charge in [-0.2, -0.15) is 4.31 Å². The van der Waals surface area contributed by atoms with Gasteiger partial charge in [0, 0.05) is 32.4 Å². The molecule has 0 aliphatic carbocycles. The molecule has 1 aliphatic rings. The van der Waals surface area contributed by atoms with Gasteiger partial charge >= 0.3 is 12.7 Å². The summed E-state index contributed by atoms with van der Waals surface area (Å²) in [7, 11) is -4.41. The Hall–Kier alpha value is -4.64. The number of nitrogens with one attached hydrogen (secondary N) is 1. The average Bonchev–Trinajstić information content (AvgIpc) is 2.98. The monoisotopic (exact) mass is 655 g/mol. The first-order valence-electron chi connectivity index (χ1n) is 13.1. The van der Waals surface area contributed by atoms with Crippen molar-refractivity contribution in [1.82, 2.24) is 19.6 Å². The molecule has 2 aromatic carbocycles. The lowest BCUT2D eigenvalue weighted by Crippen LogP contribution is -2.60. The Bertz CT molecular complexity index is 1770. The molecule has 1 fully saturated rings. The van der Waals surface area contributed by atoms with Gasteiger partial charge in [0.2, 0.25) is 15.9 Å². The number of hydrogen-bond donors (Lipinski definition) is 1. The number of sulfonamides is 1. The Morgan fingerprint density at radius 3 is 2.09 bits per heavy atom. The summed E-state index contributed by atoms with van der Waals surface area (Å²) in [4.78, 5) is 23.7. The minimum atomic E-state index is -4.97. The summed E-state index contributed by atoms with van der Waals surface area (Å²) in [5, 5.41) is 2.62. The molecule has 45 heavy (non-hydrogen) atoms. The van der Waals surface area contributed by atoms with Gasteiger partial charge in [-0.25, -0.2) is 13.4 Å². The summed E-state index contributed by atoms with van der Waals surface area (Å²) < 4.78 is 111. The highest BCUT2D eigenvalue weighted by molar-refractivity contribution is 7.89. The molecular formula is C28H23F6N5O5S. The first-order valence-corrected chi connectivity index (χ1v) is 14.6. The highest BCUT2D eigenvalue weighted by atomic mass is 32.2. The first kappa shape index (κ1) is 31.8. The highest BCUT2D eigenvalue weighted by Crippen LogP contribution is 2.29. The van der Waals surface area contributed by atoms with Crippen molar-refractivity contribution in [3.8, 4) is 11.5 Å². The fourth-order valence-electron chi connectivity index (χ4n) is 4.66. The number of hydrogen-bond acceptors (Lipinski definition) is 8. The summed E-state index contributed by atoms with van der Waals surface area (Å²) in [5.41, 5.74) is 1.61. The predicted molar refractivity (Wildman–Crippen MR) is 148 cm³/mol. The van der Waals surface area contributed by atoms with E-state index in [0.29, 0.717) is 22.4 Å². The maximum atomic E-state index is 13.7. The topological polar surface area (TPSA) is 114 Å². The fourth-order valence-corrected chi connectivity index (χ4v) is 6.23. The van der Waals surface area contributed by atoms with Crippen LogP contribution < -0.4 is 19.7 Å². The van der Waals surface area contributed by atoms with Crippen LogP contribution in [0.15, 0.2) is 83.9 Å². The van der Waals surface area contributed by atoms with E-state index >= 15 is 0 Å². The summed E-state index contributed by atoms with van der Waals surface area (Å²) >= 11 is 0. The number of rotatable bonds is 8. The number of anilines is 1. The molecule has 5 rings (SSSR count). The Labute approximate surface area is 252 Å². The van der Waals surface area contributed by atoms with Gasteiger partial charge in [-0.3, -0.25) is 9.78 Å². The summed E-state index contributed by atoms with van der Waals surface area (Å²) in [5.74, 6) is -1.34. The molecule has 0 unspecified atom stereocenters. The van der Waals surface area contributed by atoms with Gasteiger partial charge in [0.25, 0.3) is 0 Å². The van der Waals surface area contributed by atoms with Gasteiger partial charge < -0.3 is 19.7 Å². The quantitative estimate of drug-likeness (QED) is 0.274. The molecule has 1 amide bonds. The first-order chi connectivity index (χ1) is 21.2. The standard InChI is InChI=1S/C28H23F6N5O5S/c29-27(30,31)43-19-5-3-18(4-6-19)16-36-26(40)24-17-38(25-12-11-22-23(37-25)2-1-13-35-22)14-15-39(24)45(41,42)21-9-7-20(8-10-21)44-28(32,33)34/h1-13,24H,14-17H2,(H,36,40)/t24-/m1/s1. The summed E-state index contributed by atoms with van der Waals surface area (Å²) in [6, 6.07) is 13.9. The number of halogens is 6. The van der Waals surface area contributed by atoms with E-state index < -0.39 is 46.2 Å². The molecule has 10 nitrogen and oxygen atoms in total. The molecule has 0 spiro atoms. The lowest BCUT2D eigenvalue weighted by atomic mass is 10.1. The molecule has 1 saturated heterocycles. The Morgan fingerprint density at radius 2 is 1.47 bits per heavy atom. The molecule has 238 valence electrons. The summed E-state index contributed by atoms with van der Waals surface area (Å²) in [6.45, 7) is -0.356. The van der Waals surface area contributed by atoms with Crippen molar-refractivity contribution in [2.75, 3.05) is 24.5 Å². The van der Waals surface area contributed by atoms with Crippen LogP contribution >= 0.6 is 0 Å². The van der Waals surface area contributed by atoms with Gasteiger partial charge in [0.05, 0.1) is 15.9 Å². The maximum absolute atomic E-state index is 13.7.